The van der Waals surface area contributed by atoms with Gasteiger partial charge in [0.2, 0.25) is 5.95 Å². The third-order valence-corrected chi connectivity index (χ3v) is 9.05. The first-order valence-electron chi connectivity index (χ1n) is 14.0. The fourth-order valence-electron chi connectivity index (χ4n) is 5.61. The van der Waals surface area contributed by atoms with Crippen LogP contribution in [0.3, 0.4) is 0 Å². The van der Waals surface area contributed by atoms with Gasteiger partial charge in [-0.3, -0.25) is 4.40 Å². The predicted octanol–water partition coefficient (Wildman–Crippen LogP) is 6.49. The number of aryl methyl sites for hydroxylation is 1. The van der Waals surface area contributed by atoms with E-state index in [-0.39, 0.29) is 5.82 Å². The molecule has 0 N–H and O–H groups in total. The van der Waals surface area contributed by atoms with Crippen LogP contribution in [0.5, 0.6) is 0 Å². The molecule has 4 aromatic heterocycles. The number of fused-ring (bicyclic) bond motifs is 1. The van der Waals surface area contributed by atoms with Crippen LogP contribution in [-0.2, 0) is 6.42 Å². The van der Waals surface area contributed by atoms with E-state index < -0.39 is 0 Å². The van der Waals surface area contributed by atoms with Crippen molar-refractivity contribution in [1.82, 2.24) is 24.3 Å². The van der Waals surface area contributed by atoms with E-state index in [0.717, 1.165) is 65.6 Å². The number of aromatic nitrogens is 5. The Labute approximate surface area is 241 Å². The molecule has 0 amide bonds. The summed E-state index contributed by atoms with van der Waals surface area (Å²) in [5, 5.41) is 10.5. The molecule has 0 atom stereocenters. The molecule has 5 aromatic rings. The molecule has 0 unspecified atom stereocenters. The summed E-state index contributed by atoms with van der Waals surface area (Å²) >= 11 is 1.31. The molecule has 0 radical (unpaired) electrons. The second-order valence-electron chi connectivity index (χ2n) is 11.0. The molecule has 206 valence electrons. The largest absolute Gasteiger partial charge is 0.340 e. The van der Waals surface area contributed by atoms with E-state index in [1.54, 1.807) is 12.1 Å². The van der Waals surface area contributed by atoms with E-state index in [4.69, 9.17) is 9.97 Å². The molecule has 1 saturated heterocycles. The summed E-state index contributed by atoms with van der Waals surface area (Å²) in [4.78, 5) is 23.8. The lowest BCUT2D eigenvalue weighted by Gasteiger charge is -2.39. The number of nitriles is 1. The third kappa shape index (κ3) is 4.80. The van der Waals surface area contributed by atoms with E-state index in [0.29, 0.717) is 21.3 Å². The Bertz CT molecular complexity index is 1760. The van der Waals surface area contributed by atoms with Gasteiger partial charge in [0, 0.05) is 55.4 Å². The van der Waals surface area contributed by atoms with Gasteiger partial charge in [-0.25, -0.2) is 24.3 Å². The lowest BCUT2D eigenvalue weighted by molar-refractivity contribution is 0.361. The Hall–Kier alpha value is -4.36. The van der Waals surface area contributed by atoms with Gasteiger partial charge < -0.3 is 9.80 Å². The van der Waals surface area contributed by atoms with Gasteiger partial charge in [-0.2, -0.15) is 5.26 Å². The molecule has 1 aliphatic carbocycles. The first kappa shape index (κ1) is 25.6. The van der Waals surface area contributed by atoms with Crippen molar-refractivity contribution in [1.29, 1.82) is 5.26 Å². The Morgan fingerprint density at radius 1 is 1.00 bits per heavy atom. The van der Waals surface area contributed by atoms with Gasteiger partial charge in [-0.05, 0) is 61.1 Å². The predicted molar refractivity (Wildman–Crippen MR) is 159 cm³/mol. The van der Waals surface area contributed by atoms with Gasteiger partial charge in [0.25, 0.3) is 0 Å². The zero-order valence-electron chi connectivity index (χ0n) is 23.0. The third-order valence-electron chi connectivity index (χ3n) is 8.01. The van der Waals surface area contributed by atoms with Gasteiger partial charge >= 0.3 is 0 Å². The molecule has 41 heavy (non-hydrogen) atoms. The first-order chi connectivity index (χ1) is 20.0. The van der Waals surface area contributed by atoms with Crippen molar-refractivity contribution >= 4 is 33.9 Å². The normalized spacial score (nSPS) is 15.2. The summed E-state index contributed by atoms with van der Waals surface area (Å²) in [5.74, 6) is 3.10. The fraction of sp³-hybridized carbons (Fsp3) is 0.323. The molecule has 5 heterocycles. The zero-order chi connectivity index (χ0) is 28.1. The summed E-state index contributed by atoms with van der Waals surface area (Å²) in [6.45, 7) is 4.18. The molecule has 1 aromatic carbocycles. The Balaban J connectivity index is 1.18. The zero-order valence-corrected chi connectivity index (χ0v) is 23.8. The maximum atomic E-state index is 13.5. The highest BCUT2D eigenvalue weighted by molar-refractivity contribution is 7.16. The van der Waals surface area contributed by atoms with Crippen molar-refractivity contribution in [3.05, 3.63) is 71.4 Å². The minimum atomic E-state index is -0.327. The Morgan fingerprint density at radius 2 is 1.73 bits per heavy atom. The Kier molecular flexibility index (Phi) is 6.39. The van der Waals surface area contributed by atoms with E-state index in [1.807, 2.05) is 36.5 Å². The van der Waals surface area contributed by atoms with Gasteiger partial charge in [0.1, 0.15) is 33.9 Å². The van der Waals surface area contributed by atoms with E-state index in [9.17, 15) is 9.65 Å². The fourth-order valence-corrected chi connectivity index (χ4v) is 6.46. The standard InChI is InChI=1S/C31H29FN8S/c1-3-25-29(38(2)31-37-28(26(13-33)41-31)21-6-9-24(32)10-7-21)40-18-22(8-11-27(40)36-25)23-14-34-30(35-15-23)39-16-20(17-39)12-19-4-5-19/h6-11,14-15,18-20H,3-5,12,16-17H2,1-2H3. The maximum Gasteiger partial charge on any atom is 0.225 e. The van der Waals surface area contributed by atoms with Crippen molar-refractivity contribution in [2.24, 2.45) is 11.8 Å². The Morgan fingerprint density at radius 3 is 2.41 bits per heavy atom. The summed E-state index contributed by atoms with van der Waals surface area (Å²) < 4.78 is 15.6. The average molecular weight is 565 g/mol. The highest BCUT2D eigenvalue weighted by Crippen LogP contribution is 2.39. The number of anilines is 3. The number of nitrogens with zero attached hydrogens (tertiary/aromatic N) is 8. The first-order valence-corrected chi connectivity index (χ1v) is 14.8. The SMILES string of the molecule is CCc1nc2ccc(-c3cnc(N4CC(CC5CC5)C4)nc3)cn2c1N(C)c1nc(-c2ccc(F)cc2)c(C#N)s1. The van der Waals surface area contributed by atoms with Crippen LogP contribution in [0.1, 0.15) is 36.8 Å². The van der Waals surface area contributed by atoms with Crippen molar-refractivity contribution in [2.45, 2.75) is 32.6 Å². The minimum Gasteiger partial charge on any atom is -0.340 e. The van der Waals surface area contributed by atoms with Crippen LogP contribution in [0.2, 0.25) is 0 Å². The number of pyridine rings is 1. The van der Waals surface area contributed by atoms with Gasteiger partial charge in [0.15, 0.2) is 5.13 Å². The molecule has 2 aliphatic rings. The second kappa shape index (κ2) is 10.2. The van der Waals surface area contributed by atoms with Crippen molar-refractivity contribution < 1.29 is 4.39 Å². The molecule has 1 saturated carbocycles. The highest BCUT2D eigenvalue weighted by atomic mass is 32.1. The second-order valence-corrected chi connectivity index (χ2v) is 11.9. The van der Waals surface area contributed by atoms with Crippen molar-refractivity contribution in [2.75, 3.05) is 29.9 Å². The molecular weight excluding hydrogens is 535 g/mol. The highest BCUT2D eigenvalue weighted by Gasteiger charge is 2.34. The summed E-state index contributed by atoms with van der Waals surface area (Å²) in [7, 11) is 1.94. The number of hydrogen-bond donors (Lipinski definition) is 0. The lowest BCUT2D eigenvalue weighted by atomic mass is 9.94. The summed E-state index contributed by atoms with van der Waals surface area (Å²) in [6.07, 6.45) is 10.7. The van der Waals surface area contributed by atoms with Crippen molar-refractivity contribution in [3.63, 3.8) is 0 Å². The summed E-state index contributed by atoms with van der Waals surface area (Å²) in [5.41, 5.74) is 4.92. The van der Waals surface area contributed by atoms with Crippen LogP contribution >= 0.6 is 11.3 Å². The van der Waals surface area contributed by atoms with Crippen LogP contribution in [0, 0.1) is 29.0 Å². The number of thiazole rings is 1. The molecule has 2 fully saturated rings. The summed E-state index contributed by atoms with van der Waals surface area (Å²) in [6, 6.07) is 12.4. The number of benzene rings is 1. The average Bonchev–Trinajstić information content (AvgIpc) is 3.57. The molecule has 0 spiro atoms. The monoisotopic (exact) mass is 564 g/mol. The molecule has 0 bridgehead atoms. The van der Waals surface area contributed by atoms with Crippen LogP contribution in [0.15, 0.2) is 55.0 Å². The molecule has 8 nitrogen and oxygen atoms in total. The van der Waals surface area contributed by atoms with Crippen LogP contribution in [0.4, 0.5) is 21.3 Å². The molecule has 10 heteroatoms. The molecule has 1 aliphatic heterocycles. The van der Waals surface area contributed by atoms with E-state index in [1.165, 1.54) is 42.7 Å². The van der Waals surface area contributed by atoms with Gasteiger partial charge in [-0.1, -0.05) is 31.1 Å². The van der Waals surface area contributed by atoms with Gasteiger partial charge in [-0.15, -0.1) is 0 Å². The molecule has 7 rings (SSSR count). The number of imidazole rings is 1. The van der Waals surface area contributed by atoms with Crippen LogP contribution in [-0.4, -0.2) is 44.5 Å². The topological polar surface area (TPSA) is 86.2 Å². The van der Waals surface area contributed by atoms with Crippen LogP contribution < -0.4 is 9.80 Å². The van der Waals surface area contributed by atoms with Crippen molar-refractivity contribution in [3.8, 4) is 28.5 Å². The van der Waals surface area contributed by atoms with E-state index >= 15 is 0 Å². The minimum absolute atomic E-state index is 0.327. The maximum absolute atomic E-state index is 13.5. The van der Waals surface area contributed by atoms with Crippen LogP contribution in [0.25, 0.3) is 28.0 Å². The number of rotatable bonds is 8. The smallest absolute Gasteiger partial charge is 0.225 e. The number of halogens is 1. The van der Waals surface area contributed by atoms with E-state index in [2.05, 4.69) is 38.5 Å². The molecular formula is C31H29FN8S. The van der Waals surface area contributed by atoms with Gasteiger partial charge in [0.05, 0.1) is 5.69 Å². The number of hydrogen-bond acceptors (Lipinski definition) is 8. The lowest BCUT2D eigenvalue weighted by Crippen LogP contribution is -2.47. The quantitative estimate of drug-likeness (QED) is 0.213.